The molecule has 2 aromatic carbocycles. The van der Waals surface area contributed by atoms with Crippen LogP contribution in [0.15, 0.2) is 73.3 Å². The summed E-state index contributed by atoms with van der Waals surface area (Å²) in [5.41, 5.74) is 5.28. The minimum absolute atomic E-state index is 0.598. The first kappa shape index (κ1) is 20.6. The number of hydrogen-bond donors (Lipinski definition) is 0. The van der Waals surface area contributed by atoms with Gasteiger partial charge in [0.25, 0.3) is 0 Å². The molecule has 0 radical (unpaired) electrons. The van der Waals surface area contributed by atoms with Gasteiger partial charge in [-0.1, -0.05) is 66.8 Å². The van der Waals surface area contributed by atoms with Crippen LogP contribution in [0, 0.1) is 5.92 Å². The van der Waals surface area contributed by atoms with E-state index < -0.39 is 0 Å². The smallest absolute Gasteiger partial charge is 0.0721 e. The Labute approximate surface area is 171 Å². The van der Waals surface area contributed by atoms with Gasteiger partial charge >= 0.3 is 0 Å². The lowest BCUT2D eigenvalue weighted by atomic mass is 9.77. The lowest BCUT2D eigenvalue weighted by molar-refractivity contribution is 0.149. The number of allylic oxidation sites excluding steroid dienone is 2. The van der Waals surface area contributed by atoms with Crippen LogP contribution in [-0.4, -0.2) is 6.61 Å². The Morgan fingerprint density at radius 3 is 2.18 bits per heavy atom. The Balaban J connectivity index is 1.53. The fourth-order valence-electron chi connectivity index (χ4n) is 4.28. The minimum atomic E-state index is 0.598. The number of benzene rings is 2. The first-order valence-corrected chi connectivity index (χ1v) is 10.8. The van der Waals surface area contributed by atoms with E-state index in [4.69, 9.17) is 4.74 Å². The highest BCUT2D eigenvalue weighted by molar-refractivity contribution is 5.64. The summed E-state index contributed by atoms with van der Waals surface area (Å²) in [6, 6.07) is 18.0. The molecular formula is C27H34O. The molecule has 0 aliphatic heterocycles. The summed E-state index contributed by atoms with van der Waals surface area (Å²) in [4.78, 5) is 0. The predicted octanol–water partition coefficient (Wildman–Crippen LogP) is 7.69. The van der Waals surface area contributed by atoms with Gasteiger partial charge < -0.3 is 4.74 Å². The average Bonchev–Trinajstić information content (AvgIpc) is 2.75. The van der Waals surface area contributed by atoms with Crippen LogP contribution in [0.2, 0.25) is 0 Å². The summed E-state index contributed by atoms with van der Waals surface area (Å²) >= 11 is 0. The zero-order valence-electron chi connectivity index (χ0n) is 17.3. The summed E-state index contributed by atoms with van der Waals surface area (Å²) < 4.78 is 5.51. The maximum absolute atomic E-state index is 5.51. The third-order valence-electron chi connectivity index (χ3n) is 6.00. The Morgan fingerprint density at radius 1 is 0.929 bits per heavy atom. The van der Waals surface area contributed by atoms with E-state index in [1.807, 2.05) is 0 Å². The molecule has 0 heterocycles. The van der Waals surface area contributed by atoms with Crippen LogP contribution in [0.25, 0.3) is 11.1 Å². The first-order chi connectivity index (χ1) is 13.8. The Hall–Kier alpha value is -2.12. The molecule has 0 unspecified atom stereocenters. The molecule has 1 nitrogen and oxygen atoms in total. The summed E-state index contributed by atoms with van der Waals surface area (Å²) in [6.45, 7) is 7.04. The first-order valence-electron chi connectivity index (χ1n) is 10.8. The van der Waals surface area contributed by atoms with Gasteiger partial charge in [-0.2, -0.15) is 0 Å². The second kappa shape index (κ2) is 11.0. The highest BCUT2D eigenvalue weighted by Crippen LogP contribution is 2.38. The standard InChI is InChI=1S/C27H34O/c1-3-5-6-7-22-8-12-24(13-9-22)26-16-18-27(19-17-26)25-14-10-23(11-15-25)21-28-20-4-2/h3-5,10-11,14-19,22,24H,2,6-9,12-13,20-21H2,1H3/b5-3+. The number of ether oxygens (including phenoxy) is 1. The molecule has 1 aliphatic rings. The molecule has 1 fully saturated rings. The molecule has 2 aromatic rings. The van der Waals surface area contributed by atoms with Crippen molar-refractivity contribution in [2.45, 2.75) is 58.0 Å². The number of rotatable bonds is 9. The van der Waals surface area contributed by atoms with Gasteiger partial charge in [-0.25, -0.2) is 0 Å². The van der Waals surface area contributed by atoms with E-state index in [2.05, 4.69) is 74.2 Å². The zero-order chi connectivity index (χ0) is 19.6. The lowest BCUT2D eigenvalue weighted by Gasteiger charge is -2.28. The van der Waals surface area contributed by atoms with Crippen LogP contribution in [0.4, 0.5) is 0 Å². The van der Waals surface area contributed by atoms with Crippen molar-refractivity contribution in [3.05, 3.63) is 84.5 Å². The van der Waals surface area contributed by atoms with Gasteiger partial charge in [0.15, 0.2) is 0 Å². The minimum Gasteiger partial charge on any atom is -0.373 e. The van der Waals surface area contributed by atoms with Crippen molar-refractivity contribution in [2.75, 3.05) is 6.61 Å². The van der Waals surface area contributed by atoms with E-state index in [0.717, 1.165) is 11.8 Å². The molecule has 0 spiro atoms. The summed E-state index contributed by atoms with van der Waals surface area (Å²) in [5.74, 6) is 1.68. The van der Waals surface area contributed by atoms with Crippen molar-refractivity contribution >= 4 is 0 Å². The van der Waals surface area contributed by atoms with E-state index in [0.29, 0.717) is 13.2 Å². The lowest BCUT2D eigenvalue weighted by Crippen LogP contribution is -2.13. The number of hydrogen-bond acceptors (Lipinski definition) is 1. The van der Waals surface area contributed by atoms with Crippen molar-refractivity contribution in [2.24, 2.45) is 5.92 Å². The molecule has 0 atom stereocenters. The van der Waals surface area contributed by atoms with Crippen LogP contribution < -0.4 is 0 Å². The molecule has 0 amide bonds. The predicted molar refractivity (Wildman–Crippen MR) is 120 cm³/mol. The second-order valence-corrected chi connectivity index (χ2v) is 7.99. The molecular weight excluding hydrogens is 340 g/mol. The van der Waals surface area contributed by atoms with Gasteiger partial charge in [-0.05, 0) is 79.5 Å². The Bertz CT molecular complexity index is 731. The SMILES string of the molecule is C=CCOCc1ccc(-c2ccc(C3CCC(CC/C=C/C)CC3)cc2)cc1. The molecule has 1 heteroatoms. The van der Waals surface area contributed by atoms with Crippen LogP contribution >= 0.6 is 0 Å². The van der Waals surface area contributed by atoms with E-state index in [9.17, 15) is 0 Å². The van der Waals surface area contributed by atoms with E-state index in [-0.39, 0.29) is 0 Å². The summed E-state index contributed by atoms with van der Waals surface area (Å²) in [5, 5.41) is 0. The van der Waals surface area contributed by atoms with Crippen LogP contribution in [0.3, 0.4) is 0 Å². The molecule has 0 aromatic heterocycles. The third kappa shape index (κ3) is 5.94. The monoisotopic (exact) mass is 374 g/mol. The molecule has 148 valence electrons. The van der Waals surface area contributed by atoms with Crippen LogP contribution in [-0.2, 0) is 11.3 Å². The molecule has 0 bridgehead atoms. The maximum Gasteiger partial charge on any atom is 0.0721 e. The van der Waals surface area contributed by atoms with E-state index in [1.165, 1.54) is 60.8 Å². The molecule has 1 saturated carbocycles. The quantitative estimate of drug-likeness (QED) is 0.323. The summed E-state index contributed by atoms with van der Waals surface area (Å²) in [6.07, 6.45) is 14.4. The maximum atomic E-state index is 5.51. The van der Waals surface area contributed by atoms with Crippen molar-refractivity contribution in [1.29, 1.82) is 0 Å². The van der Waals surface area contributed by atoms with Crippen molar-refractivity contribution in [3.63, 3.8) is 0 Å². The van der Waals surface area contributed by atoms with Gasteiger partial charge in [0.05, 0.1) is 13.2 Å². The Kier molecular flexibility index (Phi) is 8.11. The second-order valence-electron chi connectivity index (χ2n) is 7.99. The largest absolute Gasteiger partial charge is 0.373 e. The topological polar surface area (TPSA) is 9.23 Å². The normalized spacial score (nSPS) is 19.8. The Morgan fingerprint density at radius 2 is 1.57 bits per heavy atom. The molecule has 0 saturated heterocycles. The van der Waals surface area contributed by atoms with Gasteiger partial charge in [0.2, 0.25) is 0 Å². The highest BCUT2D eigenvalue weighted by Gasteiger charge is 2.21. The third-order valence-corrected chi connectivity index (χ3v) is 6.00. The van der Waals surface area contributed by atoms with Crippen molar-refractivity contribution < 1.29 is 4.74 Å². The fraction of sp³-hybridized carbons (Fsp3) is 0.407. The average molecular weight is 375 g/mol. The highest BCUT2D eigenvalue weighted by atomic mass is 16.5. The molecule has 0 N–H and O–H groups in total. The van der Waals surface area contributed by atoms with Crippen molar-refractivity contribution in [1.82, 2.24) is 0 Å². The molecule has 1 aliphatic carbocycles. The van der Waals surface area contributed by atoms with Crippen LogP contribution in [0.5, 0.6) is 0 Å². The van der Waals surface area contributed by atoms with E-state index in [1.54, 1.807) is 6.08 Å². The van der Waals surface area contributed by atoms with Gasteiger partial charge in [0.1, 0.15) is 0 Å². The van der Waals surface area contributed by atoms with Crippen molar-refractivity contribution in [3.8, 4) is 11.1 Å². The molecule has 3 rings (SSSR count). The van der Waals surface area contributed by atoms with E-state index >= 15 is 0 Å². The van der Waals surface area contributed by atoms with Crippen LogP contribution in [0.1, 0.15) is 62.5 Å². The zero-order valence-corrected chi connectivity index (χ0v) is 17.3. The van der Waals surface area contributed by atoms with Gasteiger partial charge in [-0.3, -0.25) is 0 Å². The summed E-state index contributed by atoms with van der Waals surface area (Å²) in [7, 11) is 0. The molecule has 28 heavy (non-hydrogen) atoms. The fourth-order valence-corrected chi connectivity index (χ4v) is 4.28. The van der Waals surface area contributed by atoms with Gasteiger partial charge in [0, 0.05) is 0 Å². The van der Waals surface area contributed by atoms with Gasteiger partial charge in [-0.15, -0.1) is 6.58 Å².